The number of aromatic amines is 1. The fourth-order valence-corrected chi connectivity index (χ4v) is 3.70. The summed E-state index contributed by atoms with van der Waals surface area (Å²) in [5.74, 6) is -0.278. The Labute approximate surface area is 192 Å². The van der Waals surface area contributed by atoms with Crippen LogP contribution < -0.4 is 5.56 Å². The molecule has 1 aromatic heterocycles. The molecule has 0 spiro atoms. The number of H-pyrrole nitrogens is 1. The summed E-state index contributed by atoms with van der Waals surface area (Å²) < 4.78 is 1.34. The molecule has 1 N–H and O–H groups in total. The second-order valence-corrected chi connectivity index (χ2v) is 8.62. The van der Waals surface area contributed by atoms with Gasteiger partial charge in [-0.2, -0.15) is 0 Å². The monoisotopic (exact) mass is 453 g/mol. The average Bonchev–Trinajstić information content (AvgIpc) is 3.11. The minimum absolute atomic E-state index is 0.0459. The van der Waals surface area contributed by atoms with Crippen molar-refractivity contribution in [2.75, 3.05) is 13.1 Å². The van der Waals surface area contributed by atoms with Gasteiger partial charge in [0, 0.05) is 23.6 Å². The number of carbonyl (C=O) groups excluding carboxylic acids is 2. The van der Waals surface area contributed by atoms with E-state index in [9.17, 15) is 14.4 Å². The number of carbonyl (C=O) groups is 2. The molecule has 0 aliphatic heterocycles. The molecule has 0 fully saturated rings. The molecule has 0 saturated heterocycles. The summed E-state index contributed by atoms with van der Waals surface area (Å²) in [5.41, 5.74) is 1.31. The van der Waals surface area contributed by atoms with Gasteiger partial charge < -0.3 is 4.90 Å². The van der Waals surface area contributed by atoms with E-state index >= 15 is 0 Å². The summed E-state index contributed by atoms with van der Waals surface area (Å²) in [6.45, 7) is 6.22. The van der Waals surface area contributed by atoms with Crippen LogP contribution in [0.2, 0.25) is 5.02 Å². The Morgan fingerprint density at radius 1 is 1.06 bits per heavy atom. The van der Waals surface area contributed by atoms with E-state index in [1.807, 2.05) is 51.1 Å². The molecule has 3 aromatic rings. The van der Waals surface area contributed by atoms with Crippen molar-refractivity contribution in [2.45, 2.75) is 33.6 Å². The highest BCUT2D eigenvalue weighted by Crippen LogP contribution is 2.22. The van der Waals surface area contributed by atoms with Crippen LogP contribution in [0.4, 0.5) is 0 Å². The maximum absolute atomic E-state index is 13.4. The number of hydrogen-bond acceptors (Lipinski definition) is 3. The quantitative estimate of drug-likeness (QED) is 0.465. The molecule has 1 amide bonds. The van der Waals surface area contributed by atoms with Crippen molar-refractivity contribution in [1.82, 2.24) is 14.7 Å². The maximum atomic E-state index is 13.4. The summed E-state index contributed by atoms with van der Waals surface area (Å²) >= 11 is 5.99. The van der Waals surface area contributed by atoms with Gasteiger partial charge in [-0.05, 0) is 36.6 Å². The van der Waals surface area contributed by atoms with Crippen LogP contribution in [-0.4, -0.2) is 39.5 Å². The van der Waals surface area contributed by atoms with Crippen molar-refractivity contribution in [1.29, 1.82) is 0 Å². The molecule has 32 heavy (non-hydrogen) atoms. The number of hydrogen-bond donors (Lipinski definition) is 1. The van der Waals surface area contributed by atoms with E-state index in [0.29, 0.717) is 29.4 Å². The molecule has 0 aliphatic rings. The van der Waals surface area contributed by atoms with Crippen molar-refractivity contribution in [3.05, 3.63) is 75.5 Å². The van der Waals surface area contributed by atoms with Crippen LogP contribution in [0.3, 0.4) is 0 Å². The van der Waals surface area contributed by atoms with E-state index in [4.69, 9.17) is 11.6 Å². The highest BCUT2D eigenvalue weighted by Gasteiger charge is 2.26. The average molecular weight is 454 g/mol. The first-order valence-corrected chi connectivity index (χ1v) is 11.2. The number of nitrogens with zero attached hydrogens (tertiary/aromatic N) is 2. The topological polar surface area (TPSA) is 75.2 Å². The third-order valence-corrected chi connectivity index (χ3v) is 5.33. The zero-order valence-corrected chi connectivity index (χ0v) is 19.4. The fraction of sp³-hybridized carbons (Fsp3) is 0.320. The van der Waals surface area contributed by atoms with Gasteiger partial charge in [-0.15, -0.1) is 0 Å². The molecular weight excluding hydrogens is 426 g/mol. The van der Waals surface area contributed by atoms with Gasteiger partial charge in [0.05, 0.1) is 17.9 Å². The molecule has 0 bridgehead atoms. The molecule has 0 atom stereocenters. The van der Waals surface area contributed by atoms with Crippen LogP contribution >= 0.6 is 11.6 Å². The van der Waals surface area contributed by atoms with Crippen LogP contribution in [0.25, 0.3) is 16.9 Å². The number of rotatable bonds is 9. The van der Waals surface area contributed by atoms with E-state index in [0.717, 1.165) is 12.0 Å². The van der Waals surface area contributed by atoms with Crippen LogP contribution in [0.15, 0.2) is 59.4 Å². The van der Waals surface area contributed by atoms with Gasteiger partial charge in [0.25, 0.3) is 5.56 Å². The first-order chi connectivity index (χ1) is 15.3. The SMILES string of the molecule is CCCN(CC(=O)c1c(-c2ccccc2)[nH]n(-c2ccc(Cl)cc2)c1=O)C(=O)CC(C)C. The lowest BCUT2D eigenvalue weighted by Crippen LogP contribution is -2.38. The Balaban J connectivity index is 2.05. The molecule has 7 heteroatoms. The van der Waals surface area contributed by atoms with E-state index in [2.05, 4.69) is 5.10 Å². The number of amides is 1. The molecule has 2 aromatic carbocycles. The Bertz CT molecular complexity index is 1130. The number of aromatic nitrogens is 2. The van der Waals surface area contributed by atoms with Crippen LogP contribution in [0.5, 0.6) is 0 Å². The third kappa shape index (κ3) is 5.37. The molecular formula is C25H28ClN3O3. The number of Topliss-reactive ketones (excluding diaryl/α,β-unsaturated/α-hetero) is 1. The molecule has 0 radical (unpaired) electrons. The van der Waals surface area contributed by atoms with Crippen molar-refractivity contribution >= 4 is 23.3 Å². The number of nitrogens with one attached hydrogen (secondary N) is 1. The summed E-state index contributed by atoms with van der Waals surface area (Å²) in [5, 5.41) is 3.63. The largest absolute Gasteiger partial charge is 0.335 e. The summed E-state index contributed by atoms with van der Waals surface area (Å²) in [6.07, 6.45) is 1.09. The van der Waals surface area contributed by atoms with Crippen molar-refractivity contribution in [3.8, 4) is 16.9 Å². The first-order valence-electron chi connectivity index (χ1n) is 10.8. The molecule has 6 nitrogen and oxygen atoms in total. The molecule has 168 valence electrons. The standard InChI is InChI=1S/C25H28ClN3O3/c1-4-14-28(22(31)15-17(2)3)16-21(30)23-24(18-8-6-5-7-9-18)27-29(25(23)32)20-12-10-19(26)11-13-20/h5-13,17,27H,4,14-16H2,1-3H3. The third-order valence-electron chi connectivity index (χ3n) is 5.08. The van der Waals surface area contributed by atoms with Crippen molar-refractivity contribution in [3.63, 3.8) is 0 Å². The second-order valence-electron chi connectivity index (χ2n) is 8.18. The lowest BCUT2D eigenvalue weighted by molar-refractivity contribution is -0.131. The van der Waals surface area contributed by atoms with Gasteiger partial charge in [0.15, 0.2) is 5.78 Å². The van der Waals surface area contributed by atoms with Crippen molar-refractivity contribution in [2.24, 2.45) is 5.92 Å². The Hall–Kier alpha value is -3.12. The number of halogens is 1. The van der Waals surface area contributed by atoms with Gasteiger partial charge in [-0.25, -0.2) is 4.68 Å². The summed E-state index contributed by atoms with van der Waals surface area (Å²) in [7, 11) is 0. The zero-order chi connectivity index (χ0) is 23.3. The normalized spacial score (nSPS) is 11.0. The Morgan fingerprint density at radius 3 is 2.31 bits per heavy atom. The predicted octanol–water partition coefficient (Wildman–Crippen LogP) is 4.95. The lowest BCUT2D eigenvalue weighted by atomic mass is 10.0. The van der Waals surface area contributed by atoms with Gasteiger partial charge in [-0.3, -0.25) is 19.5 Å². The van der Waals surface area contributed by atoms with Gasteiger partial charge in [-0.1, -0.05) is 62.7 Å². The highest BCUT2D eigenvalue weighted by atomic mass is 35.5. The molecule has 0 aliphatic carbocycles. The van der Waals surface area contributed by atoms with Gasteiger partial charge in [0.1, 0.15) is 5.56 Å². The minimum Gasteiger partial charge on any atom is -0.335 e. The Kier molecular flexibility index (Phi) is 7.70. The molecule has 1 heterocycles. The fourth-order valence-electron chi connectivity index (χ4n) is 3.57. The van der Waals surface area contributed by atoms with Gasteiger partial charge in [0.2, 0.25) is 5.91 Å². The summed E-state index contributed by atoms with van der Waals surface area (Å²) in [6, 6.07) is 16.0. The van der Waals surface area contributed by atoms with Crippen LogP contribution in [0, 0.1) is 5.92 Å². The smallest absolute Gasteiger partial charge is 0.282 e. The van der Waals surface area contributed by atoms with E-state index in [1.54, 1.807) is 29.2 Å². The molecule has 0 unspecified atom stereocenters. The number of ketones is 1. The Morgan fingerprint density at radius 2 is 1.72 bits per heavy atom. The van der Waals surface area contributed by atoms with Gasteiger partial charge >= 0.3 is 0 Å². The van der Waals surface area contributed by atoms with E-state index < -0.39 is 5.56 Å². The second kappa shape index (κ2) is 10.5. The first kappa shape index (κ1) is 23.5. The van der Waals surface area contributed by atoms with Crippen LogP contribution in [-0.2, 0) is 4.79 Å². The predicted molar refractivity (Wildman–Crippen MR) is 127 cm³/mol. The number of benzene rings is 2. The summed E-state index contributed by atoms with van der Waals surface area (Å²) in [4.78, 5) is 41.0. The lowest BCUT2D eigenvalue weighted by Gasteiger charge is -2.22. The van der Waals surface area contributed by atoms with E-state index in [-0.39, 0.29) is 29.7 Å². The highest BCUT2D eigenvalue weighted by molar-refractivity contribution is 6.30. The van der Waals surface area contributed by atoms with Crippen molar-refractivity contribution < 1.29 is 9.59 Å². The van der Waals surface area contributed by atoms with E-state index in [1.165, 1.54) is 4.68 Å². The molecule has 3 rings (SSSR count). The zero-order valence-electron chi connectivity index (χ0n) is 18.6. The van der Waals surface area contributed by atoms with Crippen LogP contribution in [0.1, 0.15) is 44.0 Å². The maximum Gasteiger partial charge on any atom is 0.282 e. The molecule has 0 saturated carbocycles. The minimum atomic E-state index is -0.455.